The first-order chi connectivity index (χ1) is 16.6. The molecular weight excluding hydrogens is 434 g/mol. The third-order valence-electron chi connectivity index (χ3n) is 5.70. The molecular formula is C27H27NO6. The number of rotatable bonds is 8. The summed E-state index contributed by atoms with van der Waals surface area (Å²) in [5, 5.41) is 2.03. The van der Waals surface area contributed by atoms with E-state index in [-0.39, 0.29) is 0 Å². The highest BCUT2D eigenvalue weighted by molar-refractivity contribution is 5.98. The maximum absolute atomic E-state index is 5.55. The van der Waals surface area contributed by atoms with Gasteiger partial charge < -0.3 is 28.4 Å². The number of benzene rings is 3. The highest BCUT2D eigenvalue weighted by atomic mass is 16.5. The van der Waals surface area contributed by atoms with Crippen molar-refractivity contribution in [1.29, 1.82) is 0 Å². The minimum absolute atomic E-state index is 0.534. The summed E-state index contributed by atoms with van der Waals surface area (Å²) in [5.41, 5.74) is 3.55. The first-order valence-corrected chi connectivity index (χ1v) is 10.6. The molecule has 7 nitrogen and oxygen atoms in total. The van der Waals surface area contributed by atoms with Crippen molar-refractivity contribution in [1.82, 2.24) is 4.98 Å². The van der Waals surface area contributed by atoms with Gasteiger partial charge in [-0.15, -0.1) is 0 Å². The van der Waals surface area contributed by atoms with Crippen molar-refractivity contribution in [3.05, 3.63) is 54.7 Å². The lowest BCUT2D eigenvalue weighted by Gasteiger charge is -2.16. The first-order valence-electron chi connectivity index (χ1n) is 10.6. The molecule has 0 saturated heterocycles. The van der Waals surface area contributed by atoms with Crippen LogP contribution in [0.4, 0.5) is 0 Å². The Morgan fingerprint density at radius 2 is 1.00 bits per heavy atom. The minimum Gasteiger partial charge on any atom is -0.493 e. The number of nitrogens with zero attached hydrogens (tertiary/aromatic N) is 1. The Kier molecular flexibility index (Phi) is 6.63. The van der Waals surface area contributed by atoms with Crippen molar-refractivity contribution in [2.24, 2.45) is 0 Å². The Morgan fingerprint density at radius 3 is 1.47 bits per heavy atom. The largest absolute Gasteiger partial charge is 0.493 e. The molecule has 0 fully saturated rings. The zero-order valence-corrected chi connectivity index (χ0v) is 20.1. The summed E-state index contributed by atoms with van der Waals surface area (Å²) >= 11 is 0. The molecule has 1 aromatic heterocycles. The monoisotopic (exact) mass is 461 g/mol. The number of methoxy groups -OCH3 is 6. The zero-order valence-electron chi connectivity index (χ0n) is 20.1. The predicted octanol–water partition coefficient (Wildman–Crippen LogP) is 5.62. The van der Waals surface area contributed by atoms with Gasteiger partial charge in [-0.2, -0.15) is 0 Å². The van der Waals surface area contributed by atoms with Crippen LogP contribution in [0.5, 0.6) is 34.5 Å². The molecule has 4 aromatic rings. The molecule has 0 spiro atoms. The van der Waals surface area contributed by atoms with Crippen LogP contribution < -0.4 is 28.4 Å². The van der Waals surface area contributed by atoms with E-state index in [0.717, 1.165) is 33.2 Å². The van der Waals surface area contributed by atoms with E-state index in [0.29, 0.717) is 34.5 Å². The number of aromatic nitrogens is 1. The molecule has 34 heavy (non-hydrogen) atoms. The Labute approximate surface area is 198 Å². The van der Waals surface area contributed by atoms with Gasteiger partial charge in [0, 0.05) is 17.1 Å². The van der Waals surface area contributed by atoms with E-state index in [4.69, 9.17) is 33.4 Å². The third-order valence-corrected chi connectivity index (χ3v) is 5.70. The van der Waals surface area contributed by atoms with Crippen LogP contribution >= 0.6 is 0 Å². The van der Waals surface area contributed by atoms with Gasteiger partial charge >= 0.3 is 0 Å². The molecule has 0 aliphatic carbocycles. The molecule has 0 amide bonds. The van der Waals surface area contributed by atoms with Gasteiger partial charge in [0.1, 0.15) is 0 Å². The molecule has 0 atom stereocenters. The minimum atomic E-state index is 0.534. The molecule has 0 radical (unpaired) electrons. The second-order valence-corrected chi connectivity index (χ2v) is 7.42. The summed E-state index contributed by atoms with van der Waals surface area (Å²) in [6.45, 7) is 0. The molecule has 7 heteroatoms. The zero-order chi connectivity index (χ0) is 24.2. The van der Waals surface area contributed by atoms with E-state index in [2.05, 4.69) is 18.2 Å². The summed E-state index contributed by atoms with van der Waals surface area (Å²) in [6, 6.07) is 15.9. The van der Waals surface area contributed by atoms with E-state index in [1.54, 1.807) is 48.9 Å². The molecule has 176 valence electrons. The van der Waals surface area contributed by atoms with Gasteiger partial charge in [-0.3, -0.25) is 4.98 Å². The lowest BCUT2D eigenvalue weighted by atomic mass is 9.97. The summed E-state index contributed by atoms with van der Waals surface area (Å²) in [5.74, 6) is 3.40. The second kappa shape index (κ2) is 9.79. The Hall–Kier alpha value is -4.13. The predicted molar refractivity (Wildman–Crippen MR) is 132 cm³/mol. The molecule has 0 N–H and O–H groups in total. The summed E-state index contributed by atoms with van der Waals surface area (Å²) in [6.07, 6.45) is 1.79. The van der Waals surface area contributed by atoms with Crippen LogP contribution in [0.1, 0.15) is 0 Å². The van der Waals surface area contributed by atoms with Crippen LogP contribution in [0, 0.1) is 0 Å². The van der Waals surface area contributed by atoms with Crippen LogP contribution in [0.15, 0.2) is 54.7 Å². The number of pyridine rings is 1. The summed E-state index contributed by atoms with van der Waals surface area (Å²) in [4.78, 5) is 4.69. The van der Waals surface area contributed by atoms with Crippen molar-refractivity contribution < 1.29 is 28.4 Å². The average molecular weight is 462 g/mol. The number of hydrogen-bond acceptors (Lipinski definition) is 7. The maximum atomic E-state index is 5.55. The van der Waals surface area contributed by atoms with Crippen LogP contribution in [-0.4, -0.2) is 47.6 Å². The van der Waals surface area contributed by atoms with Crippen LogP contribution in [0.2, 0.25) is 0 Å². The molecule has 0 aliphatic heterocycles. The van der Waals surface area contributed by atoms with Crippen molar-refractivity contribution in [2.45, 2.75) is 0 Å². The molecule has 0 unspecified atom stereocenters. The van der Waals surface area contributed by atoms with Gasteiger partial charge in [-0.25, -0.2) is 0 Å². The van der Waals surface area contributed by atoms with E-state index in [1.165, 1.54) is 0 Å². The molecule has 0 saturated carbocycles. The fraction of sp³-hybridized carbons (Fsp3) is 0.222. The highest BCUT2D eigenvalue weighted by Crippen LogP contribution is 2.44. The summed E-state index contributed by atoms with van der Waals surface area (Å²) < 4.78 is 33.1. The topological polar surface area (TPSA) is 68.3 Å². The van der Waals surface area contributed by atoms with E-state index < -0.39 is 0 Å². The molecule has 3 aromatic carbocycles. The average Bonchev–Trinajstić information content (AvgIpc) is 2.90. The standard InChI is InChI=1S/C27H27NO6/c1-29-21-12-18(13-22(30-2)26(21)33-5)17-8-7-16-9-10-28-25(20(16)11-17)19-14-23(31-3)27(34-6)24(15-19)32-4/h7-15H,1-6H3. The quantitative estimate of drug-likeness (QED) is 0.337. The smallest absolute Gasteiger partial charge is 0.203 e. The SMILES string of the molecule is COc1cc(-c2ccc3ccnc(-c4cc(OC)c(OC)c(OC)c4)c3c2)cc(OC)c1OC. The molecule has 1 heterocycles. The van der Waals surface area contributed by atoms with E-state index in [1.807, 2.05) is 30.3 Å². The first kappa shape index (κ1) is 23.0. The fourth-order valence-electron chi connectivity index (χ4n) is 4.04. The van der Waals surface area contributed by atoms with Crippen LogP contribution in [0.3, 0.4) is 0 Å². The van der Waals surface area contributed by atoms with Gasteiger partial charge in [0.15, 0.2) is 23.0 Å². The third kappa shape index (κ3) is 4.01. The van der Waals surface area contributed by atoms with Crippen LogP contribution in [0.25, 0.3) is 33.2 Å². The Bertz CT molecular complexity index is 1280. The molecule has 4 rings (SSSR count). The van der Waals surface area contributed by atoms with E-state index >= 15 is 0 Å². The Balaban J connectivity index is 1.92. The number of hydrogen-bond donors (Lipinski definition) is 0. The fourth-order valence-corrected chi connectivity index (χ4v) is 4.04. The second-order valence-electron chi connectivity index (χ2n) is 7.42. The molecule has 0 bridgehead atoms. The normalized spacial score (nSPS) is 10.6. The lowest BCUT2D eigenvalue weighted by Crippen LogP contribution is -1.97. The van der Waals surface area contributed by atoms with Crippen molar-refractivity contribution in [3.63, 3.8) is 0 Å². The van der Waals surface area contributed by atoms with Gasteiger partial charge in [0.05, 0.1) is 48.4 Å². The van der Waals surface area contributed by atoms with Gasteiger partial charge in [0.2, 0.25) is 11.5 Å². The van der Waals surface area contributed by atoms with Crippen LogP contribution in [-0.2, 0) is 0 Å². The van der Waals surface area contributed by atoms with Gasteiger partial charge in [0.25, 0.3) is 0 Å². The van der Waals surface area contributed by atoms with Crippen molar-refractivity contribution >= 4 is 10.8 Å². The lowest BCUT2D eigenvalue weighted by molar-refractivity contribution is 0.324. The van der Waals surface area contributed by atoms with Crippen molar-refractivity contribution in [2.75, 3.05) is 42.7 Å². The van der Waals surface area contributed by atoms with Gasteiger partial charge in [-0.05, 0) is 52.9 Å². The Morgan fingerprint density at radius 1 is 0.500 bits per heavy atom. The van der Waals surface area contributed by atoms with Crippen molar-refractivity contribution in [3.8, 4) is 56.9 Å². The number of ether oxygens (including phenoxy) is 6. The van der Waals surface area contributed by atoms with Gasteiger partial charge in [-0.1, -0.05) is 12.1 Å². The maximum Gasteiger partial charge on any atom is 0.203 e. The number of fused-ring (bicyclic) bond motifs is 1. The van der Waals surface area contributed by atoms with E-state index in [9.17, 15) is 0 Å². The summed E-state index contributed by atoms with van der Waals surface area (Å²) in [7, 11) is 9.58. The molecule has 0 aliphatic rings. The highest BCUT2D eigenvalue weighted by Gasteiger charge is 2.18.